The molecule has 92 valence electrons. The molecule has 1 aromatic rings. The van der Waals surface area contributed by atoms with Crippen molar-refractivity contribution in [3.63, 3.8) is 0 Å². The Bertz CT molecular complexity index is 414. The Kier molecular flexibility index (Phi) is 3.39. The Morgan fingerprint density at radius 2 is 1.82 bits per heavy atom. The van der Waals surface area contributed by atoms with Crippen molar-refractivity contribution >= 4 is 5.57 Å². The van der Waals surface area contributed by atoms with E-state index in [1.54, 1.807) is 0 Å². The van der Waals surface area contributed by atoms with Gasteiger partial charge in [0.1, 0.15) is 0 Å². The predicted octanol–water partition coefficient (Wildman–Crippen LogP) is 4.03. The second kappa shape index (κ2) is 4.66. The zero-order valence-electron chi connectivity index (χ0n) is 11.0. The summed E-state index contributed by atoms with van der Waals surface area (Å²) in [6.07, 6.45) is 2.66. The van der Waals surface area contributed by atoms with Crippen LogP contribution in [0, 0.1) is 5.41 Å². The van der Waals surface area contributed by atoms with Crippen molar-refractivity contribution in [2.24, 2.45) is 5.41 Å². The summed E-state index contributed by atoms with van der Waals surface area (Å²) < 4.78 is 0. The number of allylic oxidation sites excluding steroid dienone is 2. The largest absolute Gasteiger partial charge is 0.393 e. The Balaban J connectivity index is 2.38. The highest BCUT2D eigenvalue weighted by atomic mass is 16.3. The first kappa shape index (κ1) is 12.4. The minimum absolute atomic E-state index is 0.0249. The normalized spacial score (nSPS) is 24.6. The van der Waals surface area contributed by atoms with Crippen LogP contribution in [0.15, 0.2) is 35.9 Å². The van der Waals surface area contributed by atoms with E-state index in [0.29, 0.717) is 0 Å². The average Bonchev–Trinajstić information content (AvgIpc) is 2.42. The average molecular weight is 230 g/mol. The van der Waals surface area contributed by atoms with Gasteiger partial charge in [-0.15, -0.1) is 0 Å². The highest BCUT2D eigenvalue weighted by Crippen LogP contribution is 2.41. The molecule has 1 heteroatoms. The lowest BCUT2D eigenvalue weighted by atomic mass is 9.79. The van der Waals surface area contributed by atoms with Crippen LogP contribution in [0.1, 0.15) is 45.6 Å². The molecule has 0 spiro atoms. The van der Waals surface area contributed by atoms with Crippen LogP contribution in [0.3, 0.4) is 0 Å². The Morgan fingerprint density at radius 1 is 1.18 bits per heavy atom. The molecule has 0 radical (unpaired) electrons. The third-order valence-electron chi connectivity index (χ3n) is 3.96. The fourth-order valence-electron chi connectivity index (χ4n) is 2.61. The van der Waals surface area contributed by atoms with Crippen molar-refractivity contribution < 1.29 is 5.11 Å². The number of rotatable bonds is 1. The van der Waals surface area contributed by atoms with Gasteiger partial charge in [0.05, 0.1) is 6.10 Å². The monoisotopic (exact) mass is 230 g/mol. The van der Waals surface area contributed by atoms with Gasteiger partial charge in [0.2, 0.25) is 0 Å². The summed E-state index contributed by atoms with van der Waals surface area (Å²) in [5, 5.41) is 10.2. The molecule has 2 rings (SSSR count). The van der Waals surface area contributed by atoms with Gasteiger partial charge in [-0.2, -0.15) is 0 Å². The van der Waals surface area contributed by atoms with Crippen LogP contribution >= 0.6 is 0 Å². The number of hydrogen-bond acceptors (Lipinski definition) is 1. The molecule has 0 aliphatic heterocycles. The summed E-state index contributed by atoms with van der Waals surface area (Å²) >= 11 is 0. The number of hydrogen-bond donors (Lipinski definition) is 1. The summed E-state index contributed by atoms with van der Waals surface area (Å²) in [6.45, 7) is 6.54. The molecule has 0 unspecified atom stereocenters. The van der Waals surface area contributed by atoms with E-state index >= 15 is 0 Å². The maximum Gasteiger partial charge on any atom is 0.0597 e. The highest BCUT2D eigenvalue weighted by Gasteiger charge is 2.32. The third kappa shape index (κ3) is 2.61. The molecule has 1 nitrogen and oxygen atoms in total. The van der Waals surface area contributed by atoms with Crippen LogP contribution in [0.2, 0.25) is 0 Å². The van der Waals surface area contributed by atoms with Crippen LogP contribution in [0.5, 0.6) is 0 Å². The molecule has 0 saturated heterocycles. The van der Waals surface area contributed by atoms with Crippen LogP contribution in [0.25, 0.3) is 5.57 Å². The Morgan fingerprint density at radius 3 is 2.47 bits per heavy atom. The minimum atomic E-state index is -0.196. The number of benzene rings is 1. The Hall–Kier alpha value is -1.08. The molecular formula is C16H22O. The van der Waals surface area contributed by atoms with Crippen molar-refractivity contribution in [1.29, 1.82) is 0 Å². The maximum absolute atomic E-state index is 10.2. The van der Waals surface area contributed by atoms with Crippen LogP contribution in [-0.4, -0.2) is 11.2 Å². The predicted molar refractivity (Wildman–Crippen MR) is 72.7 cm³/mol. The summed E-state index contributed by atoms with van der Waals surface area (Å²) in [6, 6.07) is 10.6. The Labute approximate surface area is 104 Å². The van der Waals surface area contributed by atoms with Crippen LogP contribution < -0.4 is 0 Å². The molecule has 1 aliphatic rings. The second-order valence-electron chi connectivity index (χ2n) is 5.84. The van der Waals surface area contributed by atoms with Crippen LogP contribution in [-0.2, 0) is 0 Å². The fourth-order valence-corrected chi connectivity index (χ4v) is 2.61. The SMILES string of the molecule is CC1=C(c2ccccc2)CC(C)(C)[C@@H](O)CC1. The van der Waals surface area contributed by atoms with Gasteiger partial charge in [-0.3, -0.25) is 0 Å². The third-order valence-corrected chi connectivity index (χ3v) is 3.96. The van der Waals surface area contributed by atoms with E-state index in [2.05, 4.69) is 51.1 Å². The van der Waals surface area contributed by atoms with E-state index in [4.69, 9.17) is 0 Å². The van der Waals surface area contributed by atoms with Crippen molar-refractivity contribution in [2.45, 2.75) is 46.1 Å². The van der Waals surface area contributed by atoms with Crippen LogP contribution in [0.4, 0.5) is 0 Å². The molecule has 1 atom stereocenters. The molecule has 0 aromatic heterocycles. The summed E-state index contributed by atoms with van der Waals surface area (Å²) in [7, 11) is 0. The van der Waals surface area contributed by atoms with Gasteiger partial charge in [-0.25, -0.2) is 0 Å². The van der Waals surface area contributed by atoms with Gasteiger partial charge >= 0.3 is 0 Å². The first-order valence-corrected chi connectivity index (χ1v) is 6.43. The molecule has 17 heavy (non-hydrogen) atoms. The summed E-state index contributed by atoms with van der Waals surface area (Å²) in [4.78, 5) is 0. The fraction of sp³-hybridized carbons (Fsp3) is 0.500. The molecule has 0 saturated carbocycles. The smallest absolute Gasteiger partial charge is 0.0597 e. The van der Waals surface area contributed by atoms with E-state index in [9.17, 15) is 5.11 Å². The van der Waals surface area contributed by atoms with Gasteiger partial charge in [-0.1, -0.05) is 49.8 Å². The molecule has 0 heterocycles. The standard InChI is InChI=1S/C16H22O/c1-12-9-10-15(17)16(2,3)11-14(12)13-7-5-4-6-8-13/h4-8,15,17H,9-11H2,1-3H3/t15-/m0/s1. The summed E-state index contributed by atoms with van der Waals surface area (Å²) in [5.74, 6) is 0. The van der Waals surface area contributed by atoms with Gasteiger partial charge in [0, 0.05) is 0 Å². The molecule has 0 fully saturated rings. The van der Waals surface area contributed by atoms with E-state index in [0.717, 1.165) is 19.3 Å². The highest BCUT2D eigenvalue weighted by molar-refractivity contribution is 5.69. The second-order valence-corrected chi connectivity index (χ2v) is 5.84. The van der Waals surface area contributed by atoms with Crippen molar-refractivity contribution in [2.75, 3.05) is 0 Å². The maximum atomic E-state index is 10.2. The van der Waals surface area contributed by atoms with E-state index in [1.165, 1.54) is 16.7 Å². The first-order chi connectivity index (χ1) is 8.00. The lowest BCUT2D eigenvalue weighted by Gasteiger charge is -2.29. The van der Waals surface area contributed by atoms with Crippen molar-refractivity contribution in [3.05, 3.63) is 41.5 Å². The van der Waals surface area contributed by atoms with E-state index < -0.39 is 0 Å². The number of aliphatic hydroxyl groups excluding tert-OH is 1. The van der Waals surface area contributed by atoms with E-state index in [-0.39, 0.29) is 11.5 Å². The molecular weight excluding hydrogens is 208 g/mol. The lowest BCUT2D eigenvalue weighted by Crippen LogP contribution is -2.28. The quantitative estimate of drug-likeness (QED) is 0.772. The summed E-state index contributed by atoms with van der Waals surface area (Å²) in [5.41, 5.74) is 4.14. The minimum Gasteiger partial charge on any atom is -0.393 e. The lowest BCUT2D eigenvalue weighted by molar-refractivity contribution is 0.0496. The van der Waals surface area contributed by atoms with Crippen molar-refractivity contribution in [3.8, 4) is 0 Å². The molecule has 1 N–H and O–H groups in total. The first-order valence-electron chi connectivity index (χ1n) is 6.43. The van der Waals surface area contributed by atoms with Crippen molar-refractivity contribution in [1.82, 2.24) is 0 Å². The topological polar surface area (TPSA) is 20.2 Å². The molecule has 1 aliphatic carbocycles. The van der Waals surface area contributed by atoms with Gasteiger partial charge in [0.25, 0.3) is 0 Å². The number of aliphatic hydroxyl groups is 1. The van der Waals surface area contributed by atoms with E-state index in [1.807, 2.05) is 0 Å². The van der Waals surface area contributed by atoms with Gasteiger partial charge < -0.3 is 5.11 Å². The molecule has 1 aromatic carbocycles. The zero-order valence-corrected chi connectivity index (χ0v) is 11.0. The molecule has 0 amide bonds. The van der Waals surface area contributed by atoms with Gasteiger partial charge in [0.15, 0.2) is 0 Å². The van der Waals surface area contributed by atoms with Gasteiger partial charge in [-0.05, 0) is 42.7 Å². The zero-order chi connectivity index (χ0) is 12.5. The molecule has 0 bridgehead atoms.